The summed E-state index contributed by atoms with van der Waals surface area (Å²) in [5, 5.41) is 0. The van der Waals surface area contributed by atoms with Crippen LogP contribution in [0.15, 0.2) is 18.3 Å². The van der Waals surface area contributed by atoms with Gasteiger partial charge in [0.05, 0.1) is 5.69 Å². The summed E-state index contributed by atoms with van der Waals surface area (Å²) in [4.78, 5) is 32.5. The zero-order valence-electron chi connectivity index (χ0n) is 11.9. The maximum absolute atomic E-state index is 12.9. The molecular weight excluding hydrogens is 254 g/mol. The lowest BCUT2D eigenvalue weighted by molar-refractivity contribution is -0.126. The summed E-state index contributed by atoms with van der Waals surface area (Å²) in [5.41, 5.74) is 0.809. The van der Waals surface area contributed by atoms with Crippen LogP contribution < -0.4 is 4.90 Å². The SMILES string of the molecule is Cc1cc(N2C(=O)N(C)C3(CCCCC3)C2=O)ccn1. The molecule has 2 heterocycles. The summed E-state index contributed by atoms with van der Waals surface area (Å²) in [6.45, 7) is 1.86. The third-order valence-corrected chi connectivity index (χ3v) is 4.54. The molecule has 3 amide bonds. The van der Waals surface area contributed by atoms with E-state index in [4.69, 9.17) is 0 Å². The molecule has 5 heteroatoms. The van der Waals surface area contributed by atoms with E-state index in [1.54, 1.807) is 30.3 Å². The van der Waals surface area contributed by atoms with E-state index >= 15 is 0 Å². The van der Waals surface area contributed by atoms with Crippen molar-refractivity contribution in [2.45, 2.75) is 44.6 Å². The fourth-order valence-corrected chi connectivity index (χ4v) is 3.35. The Labute approximate surface area is 118 Å². The lowest BCUT2D eigenvalue weighted by atomic mass is 9.80. The van der Waals surface area contributed by atoms with Crippen molar-refractivity contribution in [3.8, 4) is 0 Å². The number of hydrogen-bond donors (Lipinski definition) is 0. The van der Waals surface area contributed by atoms with Crippen LogP contribution in [0.4, 0.5) is 10.5 Å². The van der Waals surface area contributed by atoms with Gasteiger partial charge in [0.2, 0.25) is 0 Å². The number of aryl methyl sites for hydroxylation is 1. The molecule has 0 atom stereocenters. The molecule has 1 aliphatic carbocycles. The summed E-state index contributed by atoms with van der Waals surface area (Å²) < 4.78 is 0. The van der Waals surface area contributed by atoms with E-state index in [2.05, 4.69) is 4.98 Å². The quantitative estimate of drug-likeness (QED) is 0.739. The van der Waals surface area contributed by atoms with Crippen molar-refractivity contribution in [3.63, 3.8) is 0 Å². The minimum absolute atomic E-state index is 0.0738. The number of amides is 3. The number of likely N-dealkylation sites (N-methyl/N-ethyl adjacent to an activating group) is 1. The van der Waals surface area contributed by atoms with Crippen molar-refractivity contribution in [2.24, 2.45) is 0 Å². The summed E-state index contributed by atoms with van der Waals surface area (Å²) in [6.07, 6.45) is 6.34. The zero-order valence-corrected chi connectivity index (χ0v) is 11.9. The smallest absolute Gasteiger partial charge is 0.312 e. The second-order valence-corrected chi connectivity index (χ2v) is 5.73. The maximum atomic E-state index is 12.9. The average molecular weight is 273 g/mol. The van der Waals surface area contributed by atoms with Crippen LogP contribution in [0.1, 0.15) is 37.8 Å². The van der Waals surface area contributed by atoms with Gasteiger partial charge < -0.3 is 4.90 Å². The fourth-order valence-electron chi connectivity index (χ4n) is 3.35. The van der Waals surface area contributed by atoms with Crippen LogP contribution in [-0.4, -0.2) is 34.4 Å². The van der Waals surface area contributed by atoms with Crippen LogP contribution in [0.3, 0.4) is 0 Å². The molecule has 1 aromatic rings. The Morgan fingerprint density at radius 2 is 1.90 bits per heavy atom. The van der Waals surface area contributed by atoms with Crippen molar-refractivity contribution in [3.05, 3.63) is 24.0 Å². The first-order valence-electron chi connectivity index (χ1n) is 7.11. The van der Waals surface area contributed by atoms with E-state index in [1.165, 1.54) is 4.90 Å². The molecule has 106 valence electrons. The molecule has 2 aliphatic rings. The van der Waals surface area contributed by atoms with Gasteiger partial charge in [-0.25, -0.2) is 9.69 Å². The molecule has 1 saturated heterocycles. The van der Waals surface area contributed by atoms with Gasteiger partial charge >= 0.3 is 6.03 Å². The maximum Gasteiger partial charge on any atom is 0.332 e. The van der Waals surface area contributed by atoms with E-state index in [-0.39, 0.29) is 11.9 Å². The zero-order chi connectivity index (χ0) is 14.3. The largest absolute Gasteiger partial charge is 0.332 e. The highest BCUT2D eigenvalue weighted by Crippen LogP contribution is 2.41. The molecule has 2 fully saturated rings. The monoisotopic (exact) mass is 273 g/mol. The van der Waals surface area contributed by atoms with Gasteiger partial charge in [-0.2, -0.15) is 0 Å². The van der Waals surface area contributed by atoms with E-state index in [0.717, 1.165) is 37.8 Å². The molecule has 3 rings (SSSR count). The third kappa shape index (κ3) is 1.72. The predicted molar refractivity (Wildman–Crippen MR) is 75.4 cm³/mol. The Hall–Kier alpha value is -1.91. The molecule has 1 spiro atoms. The highest BCUT2D eigenvalue weighted by atomic mass is 16.2. The van der Waals surface area contributed by atoms with E-state index in [9.17, 15) is 9.59 Å². The molecule has 0 bridgehead atoms. The van der Waals surface area contributed by atoms with Crippen molar-refractivity contribution < 1.29 is 9.59 Å². The van der Waals surface area contributed by atoms with Crippen LogP contribution in [0.25, 0.3) is 0 Å². The van der Waals surface area contributed by atoms with Gasteiger partial charge in [-0.15, -0.1) is 0 Å². The topological polar surface area (TPSA) is 53.5 Å². The number of imide groups is 1. The molecule has 1 aromatic heterocycles. The van der Waals surface area contributed by atoms with Crippen LogP contribution in [0.2, 0.25) is 0 Å². The minimum Gasteiger partial charge on any atom is -0.312 e. The van der Waals surface area contributed by atoms with Gasteiger partial charge in [0.25, 0.3) is 5.91 Å². The predicted octanol–water partition coefficient (Wildman–Crippen LogP) is 2.49. The minimum atomic E-state index is -0.619. The van der Waals surface area contributed by atoms with Gasteiger partial charge in [0.1, 0.15) is 5.54 Å². The van der Waals surface area contributed by atoms with Gasteiger partial charge in [-0.3, -0.25) is 9.78 Å². The number of anilines is 1. The summed E-state index contributed by atoms with van der Waals surface area (Å²) in [6, 6.07) is 3.28. The van der Waals surface area contributed by atoms with E-state index < -0.39 is 5.54 Å². The molecule has 0 unspecified atom stereocenters. The number of carbonyl (C=O) groups excluding carboxylic acids is 2. The number of hydrogen-bond acceptors (Lipinski definition) is 3. The highest BCUT2D eigenvalue weighted by molar-refractivity contribution is 6.23. The molecule has 0 aromatic carbocycles. The van der Waals surface area contributed by atoms with Crippen LogP contribution in [0, 0.1) is 6.92 Å². The van der Waals surface area contributed by atoms with Gasteiger partial charge in [-0.1, -0.05) is 19.3 Å². The van der Waals surface area contributed by atoms with Crippen molar-refractivity contribution >= 4 is 17.6 Å². The number of nitrogens with zero attached hydrogens (tertiary/aromatic N) is 3. The first-order chi connectivity index (χ1) is 9.56. The number of pyridine rings is 1. The molecule has 0 radical (unpaired) electrons. The summed E-state index contributed by atoms with van der Waals surface area (Å²) >= 11 is 0. The number of rotatable bonds is 1. The lowest BCUT2D eigenvalue weighted by Crippen LogP contribution is -2.49. The van der Waals surface area contributed by atoms with Crippen molar-refractivity contribution in [1.29, 1.82) is 0 Å². The Morgan fingerprint density at radius 1 is 1.20 bits per heavy atom. The number of aromatic nitrogens is 1. The Kier molecular flexibility index (Phi) is 3.00. The van der Waals surface area contributed by atoms with E-state index in [1.807, 2.05) is 6.92 Å². The van der Waals surface area contributed by atoms with Crippen LogP contribution in [0.5, 0.6) is 0 Å². The molecule has 5 nitrogen and oxygen atoms in total. The molecule has 1 saturated carbocycles. The van der Waals surface area contributed by atoms with Crippen molar-refractivity contribution in [1.82, 2.24) is 9.88 Å². The standard InChI is InChI=1S/C15H19N3O2/c1-11-10-12(6-9-16-11)18-13(19)15(17(2)14(18)20)7-4-3-5-8-15/h6,9-10H,3-5,7-8H2,1-2H3. The van der Waals surface area contributed by atoms with Gasteiger partial charge in [0, 0.05) is 18.9 Å². The first kappa shape index (κ1) is 13.1. The fraction of sp³-hybridized carbons (Fsp3) is 0.533. The second-order valence-electron chi connectivity index (χ2n) is 5.73. The molecular formula is C15H19N3O2. The lowest BCUT2D eigenvalue weighted by Gasteiger charge is -2.35. The number of carbonyl (C=O) groups is 2. The van der Waals surface area contributed by atoms with Crippen molar-refractivity contribution in [2.75, 3.05) is 11.9 Å². The third-order valence-electron chi connectivity index (χ3n) is 4.54. The average Bonchev–Trinajstić information content (AvgIpc) is 2.62. The Morgan fingerprint density at radius 3 is 2.55 bits per heavy atom. The first-order valence-corrected chi connectivity index (χ1v) is 7.11. The highest BCUT2D eigenvalue weighted by Gasteiger charge is 2.56. The molecule has 0 N–H and O–H groups in total. The Bertz CT molecular complexity index is 564. The number of urea groups is 1. The van der Waals surface area contributed by atoms with Gasteiger partial charge in [-0.05, 0) is 31.9 Å². The molecule has 20 heavy (non-hydrogen) atoms. The van der Waals surface area contributed by atoms with Crippen LogP contribution >= 0.6 is 0 Å². The van der Waals surface area contributed by atoms with Gasteiger partial charge in [0.15, 0.2) is 0 Å². The molecule has 1 aliphatic heterocycles. The Balaban J connectivity index is 2.01. The normalized spacial score (nSPS) is 21.9. The van der Waals surface area contributed by atoms with E-state index in [0.29, 0.717) is 5.69 Å². The summed E-state index contributed by atoms with van der Waals surface area (Å²) in [7, 11) is 1.75. The van der Waals surface area contributed by atoms with Crippen LogP contribution in [-0.2, 0) is 4.79 Å². The second kappa shape index (κ2) is 4.58. The summed E-state index contributed by atoms with van der Waals surface area (Å²) in [5.74, 6) is -0.0738.